The molecule has 3 fully saturated rings. The standard InChI is InChI=1S/C23H21NO5/c25-18(13-4-2-1-3-5-13)12-28-16-8-6-15(7-9-16)24-22(26)20-14-10-17-19(11-14)29-23(27)21(17)20/h1-9,14,17,19-21H,10-12H2,(H,24,26)/t14-,17-,19+,20-,21-/m0/s1. The van der Waals surface area contributed by atoms with Gasteiger partial charge in [0.25, 0.3) is 0 Å². The molecule has 0 unspecified atom stereocenters. The summed E-state index contributed by atoms with van der Waals surface area (Å²) in [7, 11) is 0. The zero-order valence-corrected chi connectivity index (χ0v) is 15.7. The first-order valence-corrected chi connectivity index (χ1v) is 9.92. The van der Waals surface area contributed by atoms with Crippen molar-refractivity contribution in [3.8, 4) is 5.75 Å². The van der Waals surface area contributed by atoms with Crippen molar-refractivity contribution < 1.29 is 23.9 Å². The van der Waals surface area contributed by atoms with Gasteiger partial charge in [-0.3, -0.25) is 14.4 Å². The molecule has 2 saturated carbocycles. The molecule has 2 aromatic carbocycles. The molecule has 6 heteroatoms. The summed E-state index contributed by atoms with van der Waals surface area (Å²) in [6.45, 7) is -0.0498. The average molecular weight is 391 g/mol. The third-order valence-electron chi connectivity index (χ3n) is 6.37. The highest BCUT2D eigenvalue weighted by Gasteiger charge is 2.63. The SMILES string of the molecule is O=C(COc1ccc(NC(=O)[C@H]2[C@H]3C[C@@H]4[C@@H]2C(=O)O[C@@H]4C3)cc1)c1ccccc1. The van der Waals surface area contributed by atoms with Gasteiger partial charge in [-0.1, -0.05) is 30.3 Å². The molecule has 29 heavy (non-hydrogen) atoms. The number of fused-ring (bicyclic) bond motifs is 1. The molecule has 1 aliphatic heterocycles. The molecule has 0 spiro atoms. The van der Waals surface area contributed by atoms with E-state index in [2.05, 4.69) is 5.32 Å². The number of anilines is 1. The lowest BCUT2D eigenvalue weighted by atomic mass is 9.79. The molecule has 3 aliphatic rings. The molecule has 5 atom stereocenters. The van der Waals surface area contributed by atoms with Crippen molar-refractivity contribution in [2.45, 2.75) is 18.9 Å². The minimum Gasteiger partial charge on any atom is -0.485 e. The second-order valence-corrected chi connectivity index (χ2v) is 8.01. The number of benzene rings is 2. The largest absolute Gasteiger partial charge is 0.485 e. The molecular weight excluding hydrogens is 370 g/mol. The van der Waals surface area contributed by atoms with Gasteiger partial charge >= 0.3 is 5.97 Å². The van der Waals surface area contributed by atoms with E-state index in [4.69, 9.17) is 9.47 Å². The van der Waals surface area contributed by atoms with Gasteiger partial charge in [0.05, 0.1) is 11.8 Å². The molecule has 1 saturated heterocycles. The lowest BCUT2D eigenvalue weighted by Crippen LogP contribution is -2.35. The van der Waals surface area contributed by atoms with Crippen molar-refractivity contribution in [2.75, 3.05) is 11.9 Å². The van der Waals surface area contributed by atoms with Crippen molar-refractivity contribution in [1.29, 1.82) is 0 Å². The van der Waals surface area contributed by atoms with Crippen LogP contribution >= 0.6 is 0 Å². The van der Waals surface area contributed by atoms with E-state index >= 15 is 0 Å². The van der Waals surface area contributed by atoms with E-state index in [0.717, 1.165) is 12.8 Å². The fourth-order valence-electron chi connectivity index (χ4n) is 5.08. The molecule has 1 amide bonds. The normalized spacial score (nSPS) is 28.8. The van der Waals surface area contributed by atoms with Gasteiger partial charge in [0.15, 0.2) is 12.4 Å². The Kier molecular flexibility index (Phi) is 4.34. The molecule has 0 radical (unpaired) electrons. The molecule has 1 N–H and O–H groups in total. The van der Waals surface area contributed by atoms with Crippen LogP contribution in [0.3, 0.4) is 0 Å². The number of hydrogen-bond donors (Lipinski definition) is 1. The van der Waals surface area contributed by atoms with Crippen LogP contribution in [-0.2, 0) is 14.3 Å². The van der Waals surface area contributed by atoms with E-state index in [1.807, 2.05) is 18.2 Å². The van der Waals surface area contributed by atoms with E-state index in [0.29, 0.717) is 17.0 Å². The number of hydrogen-bond acceptors (Lipinski definition) is 5. The zero-order valence-electron chi connectivity index (χ0n) is 15.7. The number of carbonyl (C=O) groups is 3. The summed E-state index contributed by atoms with van der Waals surface area (Å²) in [6.07, 6.45) is 1.73. The van der Waals surface area contributed by atoms with Crippen molar-refractivity contribution in [3.05, 3.63) is 60.2 Å². The van der Waals surface area contributed by atoms with Crippen LogP contribution in [0, 0.1) is 23.7 Å². The number of esters is 1. The second kappa shape index (κ2) is 7.03. The summed E-state index contributed by atoms with van der Waals surface area (Å²) in [5.41, 5.74) is 1.25. The smallest absolute Gasteiger partial charge is 0.310 e. The summed E-state index contributed by atoms with van der Waals surface area (Å²) in [4.78, 5) is 37.0. The van der Waals surface area contributed by atoms with Crippen LogP contribution in [-0.4, -0.2) is 30.4 Å². The lowest BCUT2D eigenvalue weighted by molar-refractivity contribution is -0.145. The quantitative estimate of drug-likeness (QED) is 0.605. The predicted octanol–water partition coefficient (Wildman–Crippen LogP) is 3.08. The first kappa shape index (κ1) is 17.9. The predicted molar refractivity (Wildman–Crippen MR) is 104 cm³/mol. The van der Waals surface area contributed by atoms with E-state index in [1.165, 1.54) is 0 Å². The highest BCUT2D eigenvalue weighted by Crippen LogP contribution is 2.57. The highest BCUT2D eigenvalue weighted by molar-refractivity contribution is 5.97. The maximum Gasteiger partial charge on any atom is 0.310 e. The Labute approximate surface area is 168 Å². The van der Waals surface area contributed by atoms with Gasteiger partial charge in [-0.25, -0.2) is 0 Å². The van der Waals surface area contributed by atoms with E-state index < -0.39 is 0 Å². The maximum absolute atomic E-state index is 12.8. The van der Waals surface area contributed by atoms with E-state index in [-0.39, 0.29) is 54.0 Å². The summed E-state index contributed by atoms with van der Waals surface area (Å²) in [5, 5.41) is 2.92. The minimum atomic E-state index is -0.300. The summed E-state index contributed by atoms with van der Waals surface area (Å²) in [5.74, 6) is -0.0274. The number of amides is 1. The Morgan fingerprint density at radius 1 is 1.03 bits per heavy atom. The van der Waals surface area contributed by atoms with Crippen LogP contribution in [0.5, 0.6) is 5.75 Å². The minimum absolute atomic E-state index is 0.0246. The highest BCUT2D eigenvalue weighted by atomic mass is 16.6. The molecule has 6 nitrogen and oxygen atoms in total. The van der Waals surface area contributed by atoms with Crippen LogP contribution in [0.15, 0.2) is 54.6 Å². The van der Waals surface area contributed by atoms with Crippen LogP contribution < -0.4 is 10.1 Å². The summed E-state index contributed by atoms with van der Waals surface area (Å²) < 4.78 is 11.0. The molecule has 2 aliphatic carbocycles. The van der Waals surface area contributed by atoms with Crippen molar-refractivity contribution in [1.82, 2.24) is 0 Å². The van der Waals surface area contributed by atoms with Crippen molar-refractivity contribution in [2.24, 2.45) is 23.7 Å². The molecule has 1 heterocycles. The van der Waals surface area contributed by atoms with Crippen LogP contribution in [0.25, 0.3) is 0 Å². The average Bonchev–Trinajstić information content (AvgIpc) is 3.36. The Hall–Kier alpha value is -3.15. The van der Waals surface area contributed by atoms with Gasteiger partial charge < -0.3 is 14.8 Å². The van der Waals surface area contributed by atoms with Gasteiger partial charge in [-0.05, 0) is 43.0 Å². The molecular formula is C23H21NO5. The first-order chi connectivity index (χ1) is 14.1. The van der Waals surface area contributed by atoms with Gasteiger partial charge in [0, 0.05) is 17.2 Å². The second-order valence-electron chi connectivity index (χ2n) is 8.01. The number of ketones is 1. The fourth-order valence-corrected chi connectivity index (χ4v) is 5.08. The van der Waals surface area contributed by atoms with Crippen LogP contribution in [0.1, 0.15) is 23.2 Å². The van der Waals surface area contributed by atoms with E-state index in [9.17, 15) is 14.4 Å². The van der Waals surface area contributed by atoms with Gasteiger partial charge in [0.2, 0.25) is 5.91 Å². The lowest BCUT2D eigenvalue weighted by Gasteiger charge is -2.23. The first-order valence-electron chi connectivity index (χ1n) is 9.92. The van der Waals surface area contributed by atoms with Crippen molar-refractivity contribution >= 4 is 23.3 Å². The fraction of sp³-hybridized carbons (Fsp3) is 0.348. The van der Waals surface area contributed by atoms with Gasteiger partial charge in [0.1, 0.15) is 11.9 Å². The Morgan fingerprint density at radius 3 is 2.55 bits per heavy atom. The molecule has 2 aromatic rings. The number of rotatable bonds is 6. The van der Waals surface area contributed by atoms with Crippen molar-refractivity contribution in [3.63, 3.8) is 0 Å². The topological polar surface area (TPSA) is 81.7 Å². The Bertz CT molecular complexity index is 953. The maximum atomic E-state index is 12.8. The molecule has 0 aromatic heterocycles. The van der Waals surface area contributed by atoms with Crippen LogP contribution in [0.4, 0.5) is 5.69 Å². The number of nitrogens with one attached hydrogen (secondary N) is 1. The number of carbonyl (C=O) groups excluding carboxylic acids is 3. The third kappa shape index (κ3) is 3.18. The van der Waals surface area contributed by atoms with Gasteiger partial charge in [-0.15, -0.1) is 0 Å². The Morgan fingerprint density at radius 2 is 1.79 bits per heavy atom. The Balaban J connectivity index is 1.18. The number of Topliss-reactive ketones (excluding diaryl/α,β-unsaturated/α-hetero) is 1. The molecule has 5 rings (SSSR count). The van der Waals surface area contributed by atoms with Crippen LogP contribution in [0.2, 0.25) is 0 Å². The number of ether oxygens (including phenoxy) is 2. The monoisotopic (exact) mass is 391 g/mol. The molecule has 148 valence electrons. The summed E-state index contributed by atoms with van der Waals surface area (Å²) in [6, 6.07) is 15.9. The summed E-state index contributed by atoms with van der Waals surface area (Å²) >= 11 is 0. The van der Waals surface area contributed by atoms with E-state index in [1.54, 1.807) is 36.4 Å². The zero-order chi connectivity index (χ0) is 20.0. The third-order valence-corrected chi connectivity index (χ3v) is 6.37. The molecule has 2 bridgehead atoms. The van der Waals surface area contributed by atoms with Gasteiger partial charge in [-0.2, -0.15) is 0 Å².